The molecule has 0 aliphatic carbocycles. The minimum Gasteiger partial charge on any atom is -1.00 e. The third-order valence-corrected chi connectivity index (χ3v) is 0. The fourth-order valence-electron chi connectivity index (χ4n) is 0. The molecule has 0 aromatic rings. The standard InChI is InChI=1S/BHO.Ca.Mg.Zn.4H/c1-2;;;;;;;/h2H;;;;;;;/q;2*+2;;4*-1. The predicted molar refractivity (Wildman–Crippen MR) is 23.9 cm³/mol. The largest absolute Gasteiger partial charge is 2.00 e. The molecule has 1 N–H and O–H groups in total. The Kier molecular flexibility index (Phi) is 152. The maximum absolute atomic E-state index is 6.50. The van der Waals surface area contributed by atoms with Crippen molar-refractivity contribution in [2.45, 2.75) is 0 Å². The predicted octanol–water partition coefficient (Wildman–Crippen LogP) is -1.25. The summed E-state index contributed by atoms with van der Waals surface area (Å²) in [5.41, 5.74) is 0. The van der Waals surface area contributed by atoms with Gasteiger partial charge < -0.3 is 10.7 Å². The van der Waals surface area contributed by atoms with Crippen LogP contribution < -0.4 is 0 Å². The number of hydrogen-bond acceptors (Lipinski definition) is 1. The zero-order valence-corrected chi connectivity index (χ0v) is 9.74. The molecule has 0 aromatic heterocycles. The Morgan fingerprint density at radius 1 is 1.40 bits per heavy atom. The van der Waals surface area contributed by atoms with Crippen LogP contribution in [0.25, 0.3) is 0 Å². The van der Waals surface area contributed by atoms with Crippen molar-refractivity contribution in [3.8, 4) is 0 Å². The van der Waals surface area contributed by atoms with Crippen molar-refractivity contribution >= 4 is 68.8 Å². The minimum absolute atomic E-state index is 0. The van der Waals surface area contributed by atoms with E-state index in [1.807, 2.05) is 0 Å². The maximum atomic E-state index is 6.50. The molecule has 0 aromatic carbocycles. The summed E-state index contributed by atoms with van der Waals surface area (Å²) >= 11 is 0. The van der Waals surface area contributed by atoms with E-state index < -0.39 is 0 Å². The van der Waals surface area contributed by atoms with Crippen molar-refractivity contribution in [1.82, 2.24) is 0 Å². The molecule has 0 bridgehead atoms. The molecule has 0 saturated carbocycles. The van der Waals surface area contributed by atoms with Crippen LogP contribution in [0.15, 0.2) is 0 Å². The first-order valence-corrected chi connectivity index (χ1v) is 0.258. The average molecular weight is 162 g/mol. The molecule has 2 radical (unpaired) electrons. The summed E-state index contributed by atoms with van der Waals surface area (Å²) in [5.74, 6) is 0. The van der Waals surface area contributed by atoms with Gasteiger partial charge >= 0.3 is 60.8 Å². The van der Waals surface area contributed by atoms with Gasteiger partial charge in [0.1, 0.15) is 0 Å². The van der Waals surface area contributed by atoms with E-state index in [0.29, 0.717) is 0 Å². The van der Waals surface area contributed by atoms with E-state index >= 15 is 0 Å². The Balaban J connectivity index is -0.000000000238. The normalized spacial score (nSPS) is 1.00. The first-order valence-electron chi connectivity index (χ1n) is 0.258. The third kappa shape index (κ3) is 20.4. The Bertz CT molecular complexity index is 20.5. The van der Waals surface area contributed by atoms with Gasteiger partial charge in [0.25, 0.3) is 8.05 Å². The topological polar surface area (TPSA) is 20.2 Å². The Hall–Kier alpha value is 2.67. The molecule has 1 nitrogen and oxygen atoms in total. The van der Waals surface area contributed by atoms with Gasteiger partial charge in [0, 0.05) is 19.5 Å². The van der Waals surface area contributed by atoms with Crippen LogP contribution in [0.2, 0.25) is 0 Å². The monoisotopic (exact) mass is 160 g/mol. The van der Waals surface area contributed by atoms with Gasteiger partial charge in [-0.2, -0.15) is 0 Å². The molecule has 0 amide bonds. The molecule has 5 heavy (non-hydrogen) atoms. The molecule has 5 heteroatoms. The van der Waals surface area contributed by atoms with Crippen LogP contribution in [0.3, 0.4) is 0 Å². The van der Waals surface area contributed by atoms with Crippen molar-refractivity contribution in [3.05, 3.63) is 0 Å². The van der Waals surface area contributed by atoms with Crippen molar-refractivity contribution in [1.29, 1.82) is 0 Å². The summed E-state index contributed by atoms with van der Waals surface area (Å²) in [7, 11) is 3.50. The van der Waals surface area contributed by atoms with Crippen LogP contribution in [0.5, 0.6) is 0 Å². The number of hydrogen-bond donors (Lipinski definition) is 1. The molecular weight excluding hydrogens is 157 g/mol. The van der Waals surface area contributed by atoms with E-state index in [1.165, 1.54) is 0 Å². The third-order valence-electron chi connectivity index (χ3n) is 0. The average Bonchev–Trinajstić information content (AvgIpc) is 1.00. The van der Waals surface area contributed by atoms with Gasteiger partial charge in [-0.25, -0.2) is 0 Å². The Morgan fingerprint density at radius 2 is 1.40 bits per heavy atom. The van der Waals surface area contributed by atoms with Crippen LogP contribution in [-0.4, -0.2) is 73.9 Å². The molecule has 0 aliphatic heterocycles. The number of rotatable bonds is 0. The van der Waals surface area contributed by atoms with Gasteiger partial charge in [0.2, 0.25) is 0 Å². The van der Waals surface area contributed by atoms with E-state index in [4.69, 9.17) is 5.02 Å². The molecule has 0 heterocycles. The zero-order chi connectivity index (χ0) is 2.00. The van der Waals surface area contributed by atoms with Gasteiger partial charge in [0.15, 0.2) is 0 Å². The van der Waals surface area contributed by atoms with E-state index in [1.54, 1.807) is 0 Å². The van der Waals surface area contributed by atoms with E-state index in [2.05, 4.69) is 8.05 Å². The van der Waals surface area contributed by atoms with E-state index in [0.717, 1.165) is 0 Å². The van der Waals surface area contributed by atoms with E-state index in [-0.39, 0.29) is 86.0 Å². The summed E-state index contributed by atoms with van der Waals surface area (Å²) in [6.07, 6.45) is 0. The van der Waals surface area contributed by atoms with Gasteiger partial charge in [0.05, 0.1) is 0 Å². The molecule has 0 rings (SSSR count). The summed E-state index contributed by atoms with van der Waals surface area (Å²) in [4.78, 5) is 0. The van der Waals surface area contributed by atoms with Crippen molar-refractivity contribution < 1.29 is 30.2 Å². The minimum atomic E-state index is 0. The molecule has 0 atom stereocenters. The van der Waals surface area contributed by atoms with Crippen molar-refractivity contribution in [2.75, 3.05) is 0 Å². The van der Waals surface area contributed by atoms with E-state index in [9.17, 15) is 0 Å². The van der Waals surface area contributed by atoms with Gasteiger partial charge in [-0.1, -0.05) is 0 Å². The SMILES string of the molecule is [B]O.[Ca+2].[H-].[H-].[H-].[H-].[Mg+2].[Zn]. The smallest absolute Gasteiger partial charge is 1.00 e. The van der Waals surface area contributed by atoms with Gasteiger partial charge in [-0.3, -0.25) is 0 Å². The summed E-state index contributed by atoms with van der Waals surface area (Å²) in [5, 5.41) is 6.50. The molecule has 0 aliphatic rings. The summed E-state index contributed by atoms with van der Waals surface area (Å²) in [6.45, 7) is 0. The van der Waals surface area contributed by atoms with Crippen LogP contribution >= 0.6 is 0 Å². The molecule has 20 valence electrons. The second kappa shape index (κ2) is 30.0. The zero-order valence-electron chi connectivity index (χ0n) is 7.15. The van der Waals surface area contributed by atoms with Crippen molar-refractivity contribution in [3.63, 3.8) is 0 Å². The second-order valence-electron chi connectivity index (χ2n) is 0. The maximum Gasteiger partial charge on any atom is 2.00 e. The first-order chi connectivity index (χ1) is 1.00. The Morgan fingerprint density at radius 3 is 1.40 bits per heavy atom. The molecule has 0 unspecified atom stereocenters. The van der Waals surface area contributed by atoms with Gasteiger partial charge in [-0.15, -0.1) is 0 Å². The first kappa shape index (κ1) is 25.3. The molecule has 0 saturated heterocycles. The summed E-state index contributed by atoms with van der Waals surface area (Å²) in [6, 6.07) is 0. The van der Waals surface area contributed by atoms with Crippen LogP contribution in [-0.2, 0) is 19.5 Å². The Labute approximate surface area is 97.6 Å². The molecular formula is H5BCaMgOZn. The molecule has 0 fully saturated rings. The van der Waals surface area contributed by atoms with Crippen LogP contribution in [0.4, 0.5) is 0 Å². The second-order valence-corrected chi connectivity index (χ2v) is 0. The van der Waals surface area contributed by atoms with Gasteiger partial charge in [-0.05, 0) is 0 Å². The van der Waals surface area contributed by atoms with Crippen LogP contribution in [0, 0.1) is 0 Å². The quantitative estimate of drug-likeness (QED) is 0.441. The summed E-state index contributed by atoms with van der Waals surface area (Å²) < 4.78 is 0. The fraction of sp³-hybridized carbons (Fsp3) is 0. The fourth-order valence-corrected chi connectivity index (χ4v) is 0. The molecule has 0 spiro atoms. The van der Waals surface area contributed by atoms with Crippen LogP contribution in [0.1, 0.15) is 5.71 Å². The van der Waals surface area contributed by atoms with Crippen molar-refractivity contribution in [2.24, 2.45) is 0 Å².